The second-order valence-electron chi connectivity index (χ2n) is 4.20. The summed E-state index contributed by atoms with van der Waals surface area (Å²) in [7, 11) is 0. The molecular weight excluding hydrogens is 218 g/mol. The van der Waals surface area contributed by atoms with Gasteiger partial charge in [0.2, 0.25) is 5.88 Å². The van der Waals surface area contributed by atoms with Crippen molar-refractivity contribution in [3.05, 3.63) is 11.9 Å². The fourth-order valence-corrected chi connectivity index (χ4v) is 1.98. The summed E-state index contributed by atoms with van der Waals surface area (Å²) >= 11 is 0. The van der Waals surface area contributed by atoms with Gasteiger partial charge < -0.3 is 15.2 Å². The Kier molecular flexibility index (Phi) is 4.14. The zero-order chi connectivity index (χ0) is 12.1. The Morgan fingerprint density at radius 2 is 2.35 bits per heavy atom. The van der Waals surface area contributed by atoms with Crippen molar-refractivity contribution in [2.24, 2.45) is 0 Å². The second-order valence-corrected chi connectivity index (χ2v) is 4.20. The minimum absolute atomic E-state index is 0.185. The summed E-state index contributed by atoms with van der Waals surface area (Å²) in [4.78, 5) is 8.09. The third-order valence-corrected chi connectivity index (χ3v) is 2.97. The lowest BCUT2D eigenvalue weighted by atomic mass is 10.1. The topological polar surface area (TPSA) is 70.3 Å². The Morgan fingerprint density at radius 3 is 3.06 bits per heavy atom. The van der Waals surface area contributed by atoms with Crippen molar-refractivity contribution in [3.8, 4) is 5.88 Å². The average Bonchev–Trinajstić information content (AvgIpc) is 2.37. The molecule has 17 heavy (non-hydrogen) atoms. The van der Waals surface area contributed by atoms with E-state index in [1.165, 1.54) is 12.7 Å². The van der Waals surface area contributed by atoms with Crippen LogP contribution in [0.5, 0.6) is 5.88 Å². The van der Waals surface area contributed by atoms with Crippen LogP contribution in [-0.4, -0.2) is 29.3 Å². The van der Waals surface area contributed by atoms with Gasteiger partial charge in [0.05, 0.1) is 11.7 Å². The number of anilines is 1. The van der Waals surface area contributed by atoms with Crippen LogP contribution in [-0.2, 0) is 11.2 Å². The number of nitrogens with zero attached hydrogens (tertiary/aromatic N) is 2. The minimum atomic E-state index is 0.185. The van der Waals surface area contributed by atoms with Crippen LogP contribution in [0, 0.1) is 0 Å². The van der Waals surface area contributed by atoms with E-state index in [-0.39, 0.29) is 6.10 Å². The molecular formula is C12H19N3O2. The summed E-state index contributed by atoms with van der Waals surface area (Å²) in [5.41, 5.74) is 6.66. The van der Waals surface area contributed by atoms with Crippen LogP contribution in [0.25, 0.3) is 0 Å². The number of ether oxygens (including phenoxy) is 2. The first-order valence-electron chi connectivity index (χ1n) is 6.15. The Morgan fingerprint density at radius 1 is 1.47 bits per heavy atom. The van der Waals surface area contributed by atoms with E-state index in [4.69, 9.17) is 15.2 Å². The van der Waals surface area contributed by atoms with E-state index in [0.29, 0.717) is 18.3 Å². The predicted molar refractivity (Wildman–Crippen MR) is 64.9 cm³/mol. The van der Waals surface area contributed by atoms with Gasteiger partial charge in [0.25, 0.3) is 0 Å². The Hall–Kier alpha value is -1.36. The van der Waals surface area contributed by atoms with Crippen molar-refractivity contribution in [1.29, 1.82) is 0 Å². The fourth-order valence-electron chi connectivity index (χ4n) is 1.98. The molecule has 0 radical (unpaired) electrons. The minimum Gasteiger partial charge on any atom is -0.475 e. The van der Waals surface area contributed by atoms with Gasteiger partial charge in [0.15, 0.2) is 0 Å². The molecule has 94 valence electrons. The van der Waals surface area contributed by atoms with Crippen molar-refractivity contribution in [2.45, 2.75) is 38.7 Å². The lowest BCUT2D eigenvalue weighted by molar-refractivity contribution is -0.0121. The van der Waals surface area contributed by atoms with Gasteiger partial charge in [-0.25, -0.2) is 9.97 Å². The summed E-state index contributed by atoms with van der Waals surface area (Å²) in [5.74, 6) is 1.09. The molecule has 2 N–H and O–H groups in total. The van der Waals surface area contributed by atoms with E-state index in [1.54, 1.807) is 0 Å². The maximum absolute atomic E-state index is 5.78. The average molecular weight is 237 g/mol. The van der Waals surface area contributed by atoms with Gasteiger partial charge >= 0.3 is 0 Å². The molecule has 1 aromatic heterocycles. The number of aromatic nitrogens is 2. The Bertz CT molecular complexity index is 365. The highest BCUT2D eigenvalue weighted by atomic mass is 16.5. The van der Waals surface area contributed by atoms with Crippen molar-refractivity contribution in [1.82, 2.24) is 9.97 Å². The first-order chi connectivity index (χ1) is 8.31. The third kappa shape index (κ3) is 3.06. The van der Waals surface area contributed by atoms with Crippen molar-refractivity contribution < 1.29 is 9.47 Å². The van der Waals surface area contributed by atoms with Gasteiger partial charge in [-0.15, -0.1) is 0 Å². The van der Waals surface area contributed by atoms with Crippen LogP contribution in [0.2, 0.25) is 0 Å². The first kappa shape index (κ1) is 12.1. The number of nitrogens with two attached hydrogens (primary N) is 1. The molecule has 1 aromatic rings. The maximum atomic E-state index is 5.78. The maximum Gasteiger partial charge on any atom is 0.221 e. The smallest absolute Gasteiger partial charge is 0.221 e. The van der Waals surface area contributed by atoms with Gasteiger partial charge in [0, 0.05) is 6.61 Å². The van der Waals surface area contributed by atoms with Crippen molar-refractivity contribution >= 4 is 5.82 Å². The lowest BCUT2D eigenvalue weighted by Gasteiger charge is -2.22. The molecule has 1 fully saturated rings. The molecule has 0 amide bonds. The molecule has 1 aliphatic rings. The van der Waals surface area contributed by atoms with Crippen LogP contribution in [0.1, 0.15) is 31.7 Å². The fraction of sp³-hybridized carbons (Fsp3) is 0.667. The number of nitrogen functional groups attached to an aromatic ring is 1. The predicted octanol–water partition coefficient (Wildman–Crippen LogP) is 1.57. The highest BCUT2D eigenvalue weighted by Gasteiger charge is 2.16. The second kappa shape index (κ2) is 5.82. The summed E-state index contributed by atoms with van der Waals surface area (Å²) < 4.78 is 11.3. The van der Waals surface area contributed by atoms with Crippen LogP contribution in [0.15, 0.2) is 6.33 Å². The largest absolute Gasteiger partial charge is 0.475 e. The molecule has 1 aliphatic heterocycles. The molecule has 0 spiro atoms. The number of hydrogen-bond donors (Lipinski definition) is 1. The quantitative estimate of drug-likeness (QED) is 0.860. The van der Waals surface area contributed by atoms with Crippen LogP contribution in [0.3, 0.4) is 0 Å². The van der Waals surface area contributed by atoms with Gasteiger partial charge in [-0.05, 0) is 25.7 Å². The van der Waals surface area contributed by atoms with Crippen LogP contribution in [0.4, 0.5) is 5.82 Å². The number of hydrogen-bond acceptors (Lipinski definition) is 5. The van der Waals surface area contributed by atoms with Crippen molar-refractivity contribution in [3.63, 3.8) is 0 Å². The SMILES string of the molecule is CCc1c(N)ncnc1OCC1CCCCO1. The monoisotopic (exact) mass is 237 g/mol. The molecule has 5 heteroatoms. The van der Waals surface area contributed by atoms with Crippen LogP contribution < -0.4 is 10.5 Å². The Labute approximate surface area is 101 Å². The molecule has 1 atom stereocenters. The summed E-state index contributed by atoms with van der Waals surface area (Å²) in [6.45, 7) is 3.39. The molecule has 5 nitrogen and oxygen atoms in total. The number of rotatable bonds is 4. The van der Waals surface area contributed by atoms with Crippen LogP contribution >= 0.6 is 0 Å². The van der Waals surface area contributed by atoms with Gasteiger partial charge in [-0.2, -0.15) is 0 Å². The first-order valence-corrected chi connectivity index (χ1v) is 6.15. The van der Waals surface area contributed by atoms with E-state index in [0.717, 1.165) is 31.4 Å². The molecule has 0 saturated carbocycles. The highest BCUT2D eigenvalue weighted by Crippen LogP contribution is 2.21. The molecule has 0 bridgehead atoms. The summed E-state index contributed by atoms with van der Waals surface area (Å²) in [6.07, 6.45) is 5.81. The molecule has 2 rings (SSSR count). The van der Waals surface area contributed by atoms with E-state index in [9.17, 15) is 0 Å². The van der Waals surface area contributed by atoms with E-state index < -0.39 is 0 Å². The molecule has 1 saturated heterocycles. The molecule has 0 aromatic carbocycles. The lowest BCUT2D eigenvalue weighted by Crippen LogP contribution is -2.26. The van der Waals surface area contributed by atoms with E-state index in [2.05, 4.69) is 9.97 Å². The standard InChI is InChI=1S/C12H19N3O2/c1-2-10-11(13)14-8-15-12(10)17-7-9-5-3-4-6-16-9/h8-9H,2-7H2,1H3,(H2,13,14,15). The summed E-state index contributed by atoms with van der Waals surface area (Å²) in [5, 5.41) is 0. The van der Waals surface area contributed by atoms with Crippen molar-refractivity contribution in [2.75, 3.05) is 18.9 Å². The zero-order valence-corrected chi connectivity index (χ0v) is 10.2. The van der Waals surface area contributed by atoms with Gasteiger partial charge in [-0.1, -0.05) is 6.92 Å². The van der Waals surface area contributed by atoms with E-state index in [1.807, 2.05) is 6.92 Å². The highest BCUT2D eigenvalue weighted by molar-refractivity contribution is 5.44. The Balaban J connectivity index is 1.95. The normalized spacial score (nSPS) is 20.2. The van der Waals surface area contributed by atoms with Gasteiger partial charge in [-0.3, -0.25) is 0 Å². The molecule has 1 unspecified atom stereocenters. The van der Waals surface area contributed by atoms with Gasteiger partial charge in [0.1, 0.15) is 18.8 Å². The zero-order valence-electron chi connectivity index (χ0n) is 10.2. The molecule has 0 aliphatic carbocycles. The third-order valence-electron chi connectivity index (χ3n) is 2.97. The molecule has 2 heterocycles. The summed E-state index contributed by atoms with van der Waals surface area (Å²) in [6, 6.07) is 0. The van der Waals surface area contributed by atoms with E-state index >= 15 is 0 Å².